The molecule has 112 valence electrons. The van der Waals surface area contributed by atoms with Crippen LogP contribution in [0.1, 0.15) is 29.6 Å². The molecule has 0 saturated heterocycles. The molecule has 2 rings (SSSR count). The van der Waals surface area contributed by atoms with Gasteiger partial charge in [0.05, 0.1) is 10.0 Å². The first kappa shape index (κ1) is 16.2. The Labute approximate surface area is 133 Å². The molecule has 1 aromatic carbocycles. The molecular weight excluding hydrogens is 365 g/mol. The van der Waals surface area contributed by atoms with Crippen molar-refractivity contribution in [3.8, 4) is 0 Å². The molecule has 1 N–H and O–H groups in total. The molecule has 0 aliphatic rings. The molecule has 0 aliphatic heterocycles. The molecule has 0 fully saturated rings. The molecule has 1 heterocycles. The van der Waals surface area contributed by atoms with Crippen LogP contribution in [0.5, 0.6) is 0 Å². The van der Waals surface area contributed by atoms with E-state index in [4.69, 9.17) is 12.2 Å². The van der Waals surface area contributed by atoms with Crippen molar-refractivity contribution in [2.24, 2.45) is 0 Å². The van der Waals surface area contributed by atoms with Crippen molar-refractivity contribution in [2.75, 3.05) is 0 Å². The van der Waals surface area contributed by atoms with E-state index in [1.54, 1.807) is 6.07 Å². The van der Waals surface area contributed by atoms with E-state index in [2.05, 4.69) is 25.9 Å². The SMILES string of the molecule is CCc1[nH]c(Cc2cccc(C(F)(F)F)c2)nc(=S)c1Br. The van der Waals surface area contributed by atoms with Crippen molar-refractivity contribution >= 4 is 28.1 Å². The van der Waals surface area contributed by atoms with Gasteiger partial charge in [0.15, 0.2) is 0 Å². The first-order valence-electron chi connectivity index (χ1n) is 6.25. The Morgan fingerprint density at radius 2 is 2.05 bits per heavy atom. The summed E-state index contributed by atoms with van der Waals surface area (Å²) >= 11 is 8.49. The third-order valence-electron chi connectivity index (χ3n) is 2.96. The number of benzene rings is 1. The molecule has 0 amide bonds. The van der Waals surface area contributed by atoms with E-state index < -0.39 is 11.7 Å². The lowest BCUT2D eigenvalue weighted by Crippen LogP contribution is -2.06. The smallest absolute Gasteiger partial charge is 0.346 e. The van der Waals surface area contributed by atoms with Gasteiger partial charge in [0.25, 0.3) is 0 Å². The van der Waals surface area contributed by atoms with Crippen LogP contribution in [-0.2, 0) is 19.0 Å². The highest BCUT2D eigenvalue weighted by Gasteiger charge is 2.30. The van der Waals surface area contributed by atoms with Gasteiger partial charge >= 0.3 is 6.18 Å². The first-order chi connectivity index (χ1) is 9.81. The second-order valence-corrected chi connectivity index (χ2v) is 5.69. The second-order valence-electron chi connectivity index (χ2n) is 4.51. The van der Waals surface area contributed by atoms with Gasteiger partial charge in [-0.05, 0) is 34.0 Å². The monoisotopic (exact) mass is 376 g/mol. The van der Waals surface area contributed by atoms with Crippen molar-refractivity contribution in [2.45, 2.75) is 25.9 Å². The van der Waals surface area contributed by atoms with Crippen LogP contribution < -0.4 is 0 Å². The fraction of sp³-hybridized carbons (Fsp3) is 0.286. The van der Waals surface area contributed by atoms with Crippen LogP contribution in [-0.4, -0.2) is 9.97 Å². The van der Waals surface area contributed by atoms with Crippen molar-refractivity contribution in [3.05, 3.63) is 56.0 Å². The normalized spacial score (nSPS) is 11.7. The van der Waals surface area contributed by atoms with Gasteiger partial charge in [-0.2, -0.15) is 13.2 Å². The predicted molar refractivity (Wildman–Crippen MR) is 80.7 cm³/mol. The van der Waals surface area contributed by atoms with Crippen molar-refractivity contribution in [1.29, 1.82) is 0 Å². The topological polar surface area (TPSA) is 28.7 Å². The molecule has 2 aromatic rings. The van der Waals surface area contributed by atoms with E-state index in [0.29, 0.717) is 16.0 Å². The van der Waals surface area contributed by atoms with Gasteiger partial charge in [0.1, 0.15) is 10.5 Å². The van der Waals surface area contributed by atoms with Crippen LogP contribution in [0, 0.1) is 4.64 Å². The van der Waals surface area contributed by atoms with E-state index in [9.17, 15) is 13.2 Å². The summed E-state index contributed by atoms with van der Waals surface area (Å²) in [5.74, 6) is 0.555. The number of hydrogen-bond acceptors (Lipinski definition) is 2. The number of halogens is 4. The number of nitrogens with zero attached hydrogens (tertiary/aromatic N) is 1. The maximum atomic E-state index is 12.7. The molecule has 21 heavy (non-hydrogen) atoms. The summed E-state index contributed by atoms with van der Waals surface area (Å²) in [6.07, 6.45) is -3.35. The van der Waals surface area contributed by atoms with Crippen LogP contribution in [0.15, 0.2) is 28.7 Å². The molecule has 0 bridgehead atoms. The van der Waals surface area contributed by atoms with Crippen LogP contribution in [0.4, 0.5) is 13.2 Å². The molecule has 7 heteroatoms. The lowest BCUT2D eigenvalue weighted by atomic mass is 10.1. The Hall–Kier alpha value is -1.21. The minimum absolute atomic E-state index is 0.272. The third kappa shape index (κ3) is 3.91. The van der Waals surface area contributed by atoms with Gasteiger partial charge in [-0.15, -0.1) is 0 Å². The number of aromatic amines is 1. The molecule has 0 unspecified atom stereocenters. The highest BCUT2D eigenvalue weighted by Crippen LogP contribution is 2.30. The van der Waals surface area contributed by atoms with Gasteiger partial charge in [0, 0.05) is 12.1 Å². The van der Waals surface area contributed by atoms with Crippen LogP contribution >= 0.6 is 28.1 Å². The minimum Gasteiger partial charge on any atom is -0.346 e. The third-order valence-corrected chi connectivity index (χ3v) is 4.38. The predicted octanol–water partition coefficient (Wildman–Crippen LogP) is 5.07. The van der Waals surface area contributed by atoms with E-state index in [1.165, 1.54) is 6.07 Å². The fourth-order valence-corrected chi connectivity index (χ4v) is 2.64. The summed E-state index contributed by atoms with van der Waals surface area (Å²) < 4.78 is 39.2. The van der Waals surface area contributed by atoms with E-state index >= 15 is 0 Å². The van der Waals surface area contributed by atoms with Crippen molar-refractivity contribution < 1.29 is 13.2 Å². The van der Waals surface area contributed by atoms with Crippen LogP contribution in [0.3, 0.4) is 0 Å². The maximum Gasteiger partial charge on any atom is 0.416 e. The summed E-state index contributed by atoms with van der Waals surface area (Å²) in [6.45, 7) is 1.96. The number of rotatable bonds is 3. The lowest BCUT2D eigenvalue weighted by Gasteiger charge is -2.10. The van der Waals surface area contributed by atoms with E-state index in [1.807, 2.05) is 6.92 Å². The number of nitrogens with one attached hydrogen (secondary N) is 1. The molecular formula is C14H12BrF3N2S. The lowest BCUT2D eigenvalue weighted by molar-refractivity contribution is -0.137. The fourth-order valence-electron chi connectivity index (χ4n) is 1.94. The van der Waals surface area contributed by atoms with Gasteiger partial charge in [-0.1, -0.05) is 37.3 Å². The molecule has 0 aliphatic carbocycles. The Morgan fingerprint density at radius 1 is 1.33 bits per heavy atom. The van der Waals surface area contributed by atoms with E-state index in [-0.39, 0.29) is 6.42 Å². The number of aryl methyl sites for hydroxylation is 1. The average molecular weight is 377 g/mol. The van der Waals surface area contributed by atoms with Crippen LogP contribution in [0.2, 0.25) is 0 Å². The molecule has 0 radical (unpaired) electrons. The first-order valence-corrected chi connectivity index (χ1v) is 7.45. The standard InChI is InChI=1S/C14H12BrF3N2S/c1-2-10-12(15)13(21)20-11(19-10)7-8-4-3-5-9(6-8)14(16,17)18/h3-6H,2,7H2,1H3,(H,19,20,21). The Balaban J connectivity index is 2.35. The zero-order valence-electron chi connectivity index (χ0n) is 11.1. The Kier molecular flexibility index (Phi) is 4.83. The summed E-state index contributed by atoms with van der Waals surface area (Å²) in [4.78, 5) is 7.30. The van der Waals surface area contributed by atoms with Crippen LogP contribution in [0.25, 0.3) is 0 Å². The van der Waals surface area contributed by atoms with Gasteiger partial charge < -0.3 is 4.98 Å². The Morgan fingerprint density at radius 3 is 2.67 bits per heavy atom. The van der Waals surface area contributed by atoms with E-state index in [0.717, 1.165) is 28.7 Å². The van der Waals surface area contributed by atoms with Gasteiger partial charge in [-0.3, -0.25) is 0 Å². The molecule has 0 saturated carbocycles. The molecule has 0 atom stereocenters. The Bertz CT molecular complexity index is 710. The zero-order valence-corrected chi connectivity index (χ0v) is 13.5. The number of aromatic nitrogens is 2. The van der Waals surface area contributed by atoms with Crippen molar-refractivity contribution in [1.82, 2.24) is 9.97 Å². The highest BCUT2D eigenvalue weighted by atomic mass is 79.9. The van der Waals surface area contributed by atoms with Gasteiger partial charge in [0.2, 0.25) is 0 Å². The van der Waals surface area contributed by atoms with Gasteiger partial charge in [-0.25, -0.2) is 4.98 Å². The number of H-pyrrole nitrogens is 1. The van der Waals surface area contributed by atoms with Crippen molar-refractivity contribution in [3.63, 3.8) is 0 Å². The summed E-state index contributed by atoms with van der Waals surface area (Å²) in [6, 6.07) is 5.22. The minimum atomic E-state index is -4.34. The molecule has 1 aromatic heterocycles. The molecule has 2 nitrogen and oxygen atoms in total. The summed E-state index contributed by atoms with van der Waals surface area (Å²) in [7, 11) is 0. The number of hydrogen-bond donors (Lipinski definition) is 1. The maximum absolute atomic E-state index is 12.7. The largest absolute Gasteiger partial charge is 0.416 e. The summed E-state index contributed by atoms with van der Waals surface area (Å²) in [5, 5.41) is 0. The zero-order chi connectivity index (χ0) is 15.6. The summed E-state index contributed by atoms with van der Waals surface area (Å²) in [5.41, 5.74) is 0.760. The number of alkyl halides is 3. The second kappa shape index (κ2) is 6.27. The quantitative estimate of drug-likeness (QED) is 0.757. The average Bonchev–Trinajstić information content (AvgIpc) is 2.42. The highest BCUT2D eigenvalue weighted by molar-refractivity contribution is 9.10. The molecule has 0 spiro atoms.